The van der Waals surface area contributed by atoms with Crippen molar-refractivity contribution in [2.45, 2.75) is 200 Å². The van der Waals surface area contributed by atoms with Crippen LogP contribution in [0.3, 0.4) is 0 Å². The number of nitrogens with two attached hydrogens (primary N) is 1. The first kappa shape index (κ1) is 79.6. The van der Waals surface area contributed by atoms with Crippen molar-refractivity contribution < 1.29 is 67.3 Å². The van der Waals surface area contributed by atoms with E-state index in [1.54, 1.807) is 113 Å². The molecule has 2 aliphatic heterocycles. The Balaban J connectivity index is 1.18. The molecule has 3 aromatic rings. The molecule has 3 aromatic carbocycles. The summed E-state index contributed by atoms with van der Waals surface area (Å²) in [5, 5.41) is 25.4. The molecule has 8 N–H and O–H groups in total. The van der Waals surface area contributed by atoms with Gasteiger partial charge < -0.3 is 71.1 Å². The fourth-order valence-electron chi connectivity index (χ4n) is 12.8. The number of hydrogen-bond donors (Lipinski definition) is 7. The van der Waals surface area contributed by atoms with Crippen LogP contribution < -0.4 is 32.3 Å². The molecule has 97 heavy (non-hydrogen) atoms. The molecule has 0 aromatic heterocycles. The van der Waals surface area contributed by atoms with Gasteiger partial charge >= 0.3 is 6.09 Å². The van der Waals surface area contributed by atoms with Crippen molar-refractivity contribution in [3.05, 3.63) is 114 Å². The molecule has 13 atom stereocenters. The highest BCUT2D eigenvalue weighted by Gasteiger charge is 2.44. The first-order chi connectivity index (χ1) is 46.3. The first-order valence-electron chi connectivity index (χ1n) is 34.3. The Kier molecular flexibility index (Phi) is 32.8. The minimum absolute atomic E-state index is 0.122. The highest BCUT2D eigenvalue weighted by atomic mass is 16.6. The molecule has 5 rings (SSSR count). The Bertz CT molecular complexity index is 3060. The molecule has 24 nitrogen and oxygen atoms in total. The summed E-state index contributed by atoms with van der Waals surface area (Å²) in [5.74, 6) is -5.96. The number of nitrogens with zero attached hydrogens (tertiary/aromatic N) is 4. The summed E-state index contributed by atoms with van der Waals surface area (Å²) in [6.45, 7) is 15.4. The normalized spacial score (nSPS) is 17.9. The Labute approximate surface area is 573 Å². The molecule has 0 saturated carbocycles. The van der Waals surface area contributed by atoms with Crippen LogP contribution in [0.25, 0.3) is 0 Å². The van der Waals surface area contributed by atoms with Crippen LogP contribution in [0.4, 0.5) is 10.5 Å². The van der Waals surface area contributed by atoms with Gasteiger partial charge in [-0.15, -0.1) is 0 Å². The molecule has 0 radical (unpaired) electrons. The number of anilines is 1. The summed E-state index contributed by atoms with van der Waals surface area (Å²) in [6, 6.07) is 18.7. The largest absolute Gasteiger partial charge is 0.445 e. The zero-order valence-electron chi connectivity index (χ0n) is 58.9. The quantitative estimate of drug-likeness (QED) is 0.0233. The maximum absolute atomic E-state index is 14.8. The van der Waals surface area contributed by atoms with Gasteiger partial charge in [0.05, 0.1) is 30.7 Å². The summed E-state index contributed by atoms with van der Waals surface area (Å²) in [6.07, 6.45) is 6.04. The predicted molar refractivity (Wildman–Crippen MR) is 369 cm³/mol. The number of amides is 9. The molecule has 24 heteroatoms. The van der Waals surface area contributed by atoms with E-state index in [-0.39, 0.29) is 55.9 Å². The zero-order chi connectivity index (χ0) is 71.5. The van der Waals surface area contributed by atoms with Gasteiger partial charge in [0, 0.05) is 83.9 Å². The predicted octanol–water partition coefficient (Wildman–Crippen LogP) is 6.59. The summed E-state index contributed by atoms with van der Waals surface area (Å²) in [7, 11) is 6.08. The molecule has 2 unspecified atom stereocenters. The van der Waals surface area contributed by atoms with Gasteiger partial charge in [0.2, 0.25) is 47.3 Å². The van der Waals surface area contributed by atoms with Gasteiger partial charge in [-0.05, 0) is 111 Å². The number of ether oxygens (including phenoxy) is 3. The highest BCUT2D eigenvalue weighted by molar-refractivity contribution is 5.98. The van der Waals surface area contributed by atoms with Gasteiger partial charge in [-0.2, -0.15) is 0 Å². The molecule has 2 aliphatic rings. The van der Waals surface area contributed by atoms with E-state index in [2.05, 4.69) is 26.6 Å². The van der Waals surface area contributed by atoms with Gasteiger partial charge in [0.1, 0.15) is 37.1 Å². The van der Waals surface area contributed by atoms with Crippen LogP contribution in [0.5, 0.6) is 0 Å². The number of unbranched alkanes of at least 4 members (excludes halogenated alkanes) is 3. The van der Waals surface area contributed by atoms with Gasteiger partial charge in [0.25, 0.3) is 0 Å². The number of carbonyl (C=O) groups is 10. The number of benzene rings is 3. The minimum atomic E-state index is -1.08. The molecular formula is C73H108N10O14. The number of methoxy groups -OCH3 is 2. The Morgan fingerprint density at radius 2 is 1.41 bits per heavy atom. The van der Waals surface area contributed by atoms with Crippen LogP contribution >= 0.6 is 0 Å². The number of likely N-dealkylation sites (tertiary alicyclic amines) is 1. The van der Waals surface area contributed by atoms with Gasteiger partial charge in [-0.3, -0.25) is 43.3 Å². The minimum Gasteiger partial charge on any atom is -0.445 e. The van der Waals surface area contributed by atoms with E-state index >= 15 is 0 Å². The number of hydrogen-bond acceptors (Lipinski definition) is 15. The van der Waals surface area contributed by atoms with Crippen molar-refractivity contribution in [3.8, 4) is 0 Å². The average molecular weight is 1350 g/mol. The maximum atomic E-state index is 14.8. The summed E-state index contributed by atoms with van der Waals surface area (Å²) >= 11 is 0. The third-order valence-electron chi connectivity index (χ3n) is 18.7. The van der Waals surface area contributed by atoms with Gasteiger partial charge in [-0.1, -0.05) is 134 Å². The van der Waals surface area contributed by atoms with Crippen molar-refractivity contribution in [2.24, 2.45) is 35.3 Å². The lowest BCUT2D eigenvalue weighted by molar-refractivity contribution is -0.147. The second-order valence-electron chi connectivity index (χ2n) is 26.5. The molecule has 0 bridgehead atoms. The Morgan fingerprint density at radius 3 is 2.02 bits per heavy atom. The molecule has 1 fully saturated rings. The van der Waals surface area contributed by atoms with Crippen molar-refractivity contribution in [1.29, 1.82) is 0 Å². The van der Waals surface area contributed by atoms with Crippen LogP contribution in [0.1, 0.15) is 149 Å². The summed E-state index contributed by atoms with van der Waals surface area (Å²) < 4.78 is 17.1. The van der Waals surface area contributed by atoms with Crippen molar-refractivity contribution in [1.82, 2.24) is 40.9 Å². The maximum Gasteiger partial charge on any atom is 0.410 e. The van der Waals surface area contributed by atoms with E-state index in [0.717, 1.165) is 11.8 Å². The zero-order valence-corrected chi connectivity index (χ0v) is 58.9. The fourth-order valence-corrected chi connectivity index (χ4v) is 12.8. The second kappa shape index (κ2) is 40.0. The Morgan fingerprint density at radius 1 is 0.742 bits per heavy atom. The van der Waals surface area contributed by atoms with Crippen LogP contribution in [-0.2, 0) is 70.4 Å². The molecule has 2 heterocycles. The van der Waals surface area contributed by atoms with E-state index in [1.165, 1.54) is 37.1 Å². The van der Waals surface area contributed by atoms with Gasteiger partial charge in [0.15, 0.2) is 6.23 Å². The third-order valence-corrected chi connectivity index (χ3v) is 18.7. The molecule has 9 amide bonds. The molecule has 534 valence electrons. The summed E-state index contributed by atoms with van der Waals surface area (Å²) in [4.78, 5) is 144. The lowest BCUT2D eigenvalue weighted by atomic mass is 9.85. The number of aliphatic hydroxyl groups excluding tert-OH is 1. The number of carbonyl (C=O) groups excluding carboxylic acids is 10. The van der Waals surface area contributed by atoms with Crippen molar-refractivity contribution >= 4 is 65.3 Å². The summed E-state index contributed by atoms with van der Waals surface area (Å²) in [5.41, 5.74) is 8.21. The monoisotopic (exact) mass is 1350 g/mol. The molecule has 1 saturated heterocycles. The smallest absolute Gasteiger partial charge is 0.410 e. The van der Waals surface area contributed by atoms with E-state index in [0.29, 0.717) is 87.8 Å². The van der Waals surface area contributed by atoms with Crippen LogP contribution in [0.15, 0.2) is 97.1 Å². The first-order valence-corrected chi connectivity index (χ1v) is 34.3. The third kappa shape index (κ3) is 23.3. The van der Waals surface area contributed by atoms with Crippen LogP contribution in [0, 0.1) is 29.6 Å². The van der Waals surface area contributed by atoms with E-state index in [1.807, 2.05) is 50.2 Å². The Hall–Kier alpha value is -8.06. The standard InChI is InChI=1S/C73H108N10O14/c1-13-48(6)66(59(95-11)43-62(87)82-41-25-31-58(82)55(44-84)49(7)68(89)75-50(8)67(88)53-28-19-15-20-29-53)80(9)72(93)64(46(2)3)79-71(92)65(47(4)5)81(10)73(94)97-45-52-33-35-54(36-34-52)76-69(90)56(30-22-23-39-74)78-70(91)57(42-51-26-17-14-18-27-51)77-60(85)32-21-16-24-40-83-61(86)37-38-63(83)96-12/h14-15,17-20,26-29,33-38,44,46-50,55-59,63-67,88H,13,16,21-25,30-32,39-43,45,74H2,1-12H3,(H,75,89)(H,76,90)(H,77,85)(H,78,91)(H,79,92)/t48-,49+,50+,55+,56-,57-,58-,59+,63?,64-,65?,66-,67+/m0/s1. The molecule has 0 spiro atoms. The number of aliphatic hydroxyl groups is 1. The molecule has 0 aliphatic carbocycles. The van der Waals surface area contributed by atoms with Crippen molar-refractivity contribution in [3.63, 3.8) is 0 Å². The fraction of sp³-hybridized carbons (Fsp3) is 0.589. The highest BCUT2D eigenvalue weighted by Crippen LogP contribution is 2.32. The average Bonchev–Trinajstić information content (AvgIpc) is 1.80. The van der Waals surface area contributed by atoms with Crippen LogP contribution in [0.2, 0.25) is 0 Å². The molecular weight excluding hydrogens is 1240 g/mol. The lowest BCUT2D eigenvalue weighted by Crippen LogP contribution is -2.60. The SMILES string of the molecule is CC[C@H](C)[C@@H]([C@@H](CC(=O)N1CCC[C@H]1[C@H](C=O)[C@@H](C)C(=O)N[C@H](C)[C@@H](O)c1ccccc1)OC)N(C)C(=O)[C@@H](NC(=O)C(C(C)C)N(C)C(=O)OCc1ccc(NC(=O)[C@H](CCCCN)NC(=O)[C@H](Cc2ccccc2)NC(=O)CCCCCN2C(=O)C=CC2OC)cc1)C(C)C. The number of nitrogens with one attached hydrogen (secondary N) is 5. The second-order valence-corrected chi connectivity index (χ2v) is 26.5. The lowest BCUT2D eigenvalue weighted by Gasteiger charge is -2.41. The van der Waals surface area contributed by atoms with E-state index in [4.69, 9.17) is 19.9 Å². The van der Waals surface area contributed by atoms with Crippen molar-refractivity contribution in [2.75, 3.05) is 53.3 Å². The van der Waals surface area contributed by atoms with Crippen LogP contribution in [-0.4, -0.2) is 187 Å². The number of likely N-dealkylation sites (N-methyl/N-ethyl adjacent to an activating group) is 2. The number of rotatable bonds is 40. The van der Waals surface area contributed by atoms with Gasteiger partial charge in [-0.25, -0.2) is 4.79 Å². The van der Waals surface area contributed by atoms with E-state index < -0.39 is 120 Å². The topological polar surface area (TPSA) is 318 Å². The van der Waals surface area contributed by atoms with E-state index in [9.17, 15) is 53.1 Å². The number of aldehydes is 1.